The molecular formula is C37H22N2OS2. The zero-order valence-electron chi connectivity index (χ0n) is 22.3. The van der Waals surface area contributed by atoms with Gasteiger partial charge in [-0.05, 0) is 60.7 Å². The van der Waals surface area contributed by atoms with Gasteiger partial charge in [-0.2, -0.15) is 0 Å². The van der Waals surface area contributed by atoms with Gasteiger partial charge in [0.25, 0.3) is 0 Å². The van der Waals surface area contributed by atoms with Crippen LogP contribution in [-0.2, 0) is 0 Å². The second kappa shape index (κ2) is 9.28. The Balaban J connectivity index is 1.23. The third-order valence-electron chi connectivity index (χ3n) is 7.89. The van der Waals surface area contributed by atoms with Crippen molar-refractivity contribution in [2.75, 3.05) is 4.90 Å². The van der Waals surface area contributed by atoms with Crippen LogP contribution in [0.1, 0.15) is 0 Å². The Morgan fingerprint density at radius 2 is 1.21 bits per heavy atom. The number of thiophene rings is 1. The van der Waals surface area contributed by atoms with Crippen LogP contribution in [0.5, 0.6) is 0 Å². The lowest BCUT2D eigenvalue weighted by atomic mass is 10.1. The number of anilines is 3. The highest BCUT2D eigenvalue weighted by atomic mass is 32.1. The van der Waals surface area contributed by atoms with Crippen molar-refractivity contribution in [3.05, 3.63) is 133 Å². The second-order valence-corrected chi connectivity index (χ2v) is 12.5. The van der Waals surface area contributed by atoms with Crippen LogP contribution in [0.3, 0.4) is 0 Å². The van der Waals surface area contributed by atoms with Gasteiger partial charge in [0, 0.05) is 53.6 Å². The zero-order valence-corrected chi connectivity index (χ0v) is 24.0. The Morgan fingerprint density at radius 1 is 0.500 bits per heavy atom. The quantitative estimate of drug-likeness (QED) is 0.209. The Hall–Kier alpha value is -4.97. The summed E-state index contributed by atoms with van der Waals surface area (Å²) < 4.78 is 9.86. The first-order valence-corrected chi connectivity index (χ1v) is 15.5. The fourth-order valence-corrected chi connectivity index (χ4v) is 8.08. The van der Waals surface area contributed by atoms with Crippen molar-refractivity contribution in [2.45, 2.75) is 0 Å². The Bertz CT molecular complexity index is 2420. The van der Waals surface area contributed by atoms with Crippen LogP contribution < -0.4 is 4.90 Å². The SMILES string of the molecule is c1ccc(-c2nc3c(ccc4sc5cc(N(c6ccccc6)c6ccc7oc8ccccc8c7c6)ccc5c43)s2)cc1. The van der Waals surface area contributed by atoms with Crippen molar-refractivity contribution < 1.29 is 4.42 Å². The fourth-order valence-electron chi connectivity index (χ4n) is 5.96. The minimum absolute atomic E-state index is 0.898. The molecule has 0 aliphatic carbocycles. The van der Waals surface area contributed by atoms with Crippen LogP contribution in [0.25, 0.3) is 62.9 Å². The normalized spacial score (nSPS) is 11.8. The largest absolute Gasteiger partial charge is 0.456 e. The van der Waals surface area contributed by atoms with Crippen LogP contribution in [0.2, 0.25) is 0 Å². The van der Waals surface area contributed by atoms with Gasteiger partial charge in [-0.1, -0.05) is 72.8 Å². The molecule has 0 saturated carbocycles. The molecule has 9 aromatic rings. The van der Waals surface area contributed by atoms with Crippen molar-refractivity contribution in [3.8, 4) is 10.6 Å². The van der Waals surface area contributed by atoms with Crippen LogP contribution in [-0.4, -0.2) is 4.98 Å². The van der Waals surface area contributed by atoms with E-state index in [2.05, 4.69) is 120 Å². The molecule has 0 unspecified atom stereocenters. The molecule has 0 atom stereocenters. The van der Waals surface area contributed by atoms with Gasteiger partial charge in [0.1, 0.15) is 16.2 Å². The molecule has 0 bridgehead atoms. The van der Waals surface area contributed by atoms with Crippen LogP contribution >= 0.6 is 22.7 Å². The van der Waals surface area contributed by atoms with E-state index in [9.17, 15) is 0 Å². The van der Waals surface area contributed by atoms with Crippen molar-refractivity contribution >= 4 is 92.1 Å². The van der Waals surface area contributed by atoms with E-state index in [-0.39, 0.29) is 0 Å². The van der Waals surface area contributed by atoms with Gasteiger partial charge >= 0.3 is 0 Å². The van der Waals surface area contributed by atoms with Crippen LogP contribution in [0.15, 0.2) is 138 Å². The number of nitrogens with zero attached hydrogens (tertiary/aromatic N) is 2. The number of fused-ring (bicyclic) bond motifs is 8. The maximum absolute atomic E-state index is 6.13. The van der Waals surface area contributed by atoms with Gasteiger partial charge < -0.3 is 9.32 Å². The summed E-state index contributed by atoms with van der Waals surface area (Å²) in [6.45, 7) is 0. The minimum atomic E-state index is 0.898. The van der Waals surface area contributed by atoms with Crippen molar-refractivity contribution in [1.29, 1.82) is 0 Å². The molecule has 9 rings (SSSR count). The van der Waals surface area contributed by atoms with Gasteiger partial charge in [0.15, 0.2) is 0 Å². The highest BCUT2D eigenvalue weighted by Crippen LogP contribution is 2.45. The van der Waals surface area contributed by atoms with Crippen molar-refractivity contribution in [3.63, 3.8) is 0 Å². The van der Waals surface area contributed by atoms with Crippen molar-refractivity contribution in [1.82, 2.24) is 4.98 Å². The summed E-state index contributed by atoms with van der Waals surface area (Å²) in [5, 5.41) is 5.80. The summed E-state index contributed by atoms with van der Waals surface area (Å²) in [5.74, 6) is 0. The Labute approximate surface area is 249 Å². The summed E-state index contributed by atoms with van der Waals surface area (Å²) in [5.41, 5.74) is 7.38. The minimum Gasteiger partial charge on any atom is -0.456 e. The predicted molar refractivity (Wildman–Crippen MR) is 180 cm³/mol. The van der Waals surface area contributed by atoms with E-state index in [0.717, 1.165) is 55.1 Å². The molecule has 0 aliphatic rings. The smallest absolute Gasteiger partial charge is 0.135 e. The molecule has 0 saturated heterocycles. The predicted octanol–water partition coefficient (Wildman–Crippen LogP) is 11.7. The molecule has 0 amide bonds. The first-order chi connectivity index (χ1) is 20.8. The van der Waals surface area contributed by atoms with E-state index in [0.29, 0.717) is 0 Å². The van der Waals surface area contributed by atoms with Crippen LogP contribution in [0.4, 0.5) is 17.1 Å². The number of rotatable bonds is 4. The molecule has 3 aromatic heterocycles. The Morgan fingerprint density at radius 3 is 2.10 bits per heavy atom. The lowest BCUT2D eigenvalue weighted by Crippen LogP contribution is -2.09. The molecule has 0 aliphatic heterocycles. The molecule has 0 fully saturated rings. The molecule has 42 heavy (non-hydrogen) atoms. The standard InChI is InChI=1S/C37H22N2OS2/c1-3-9-23(10-4-1)37-38-36-33(42-37)20-19-32-35(36)28-17-15-26(22-34(28)41-32)39(24-11-5-2-6-12-24)25-16-18-31-29(21-25)27-13-7-8-14-30(27)40-31/h1-22H. The van der Waals surface area contributed by atoms with Gasteiger partial charge in [-0.15, -0.1) is 22.7 Å². The number of hydrogen-bond donors (Lipinski definition) is 0. The average Bonchev–Trinajstić information content (AvgIpc) is 3.75. The number of furan rings is 1. The maximum Gasteiger partial charge on any atom is 0.135 e. The van der Waals surface area contributed by atoms with Gasteiger partial charge in [-0.25, -0.2) is 4.98 Å². The van der Waals surface area contributed by atoms with Gasteiger partial charge in [0.05, 0.1) is 10.2 Å². The van der Waals surface area contributed by atoms with E-state index in [1.165, 1.54) is 24.9 Å². The highest BCUT2D eigenvalue weighted by molar-refractivity contribution is 7.26. The third kappa shape index (κ3) is 3.68. The van der Waals surface area contributed by atoms with E-state index in [1.54, 1.807) is 11.3 Å². The molecule has 3 nitrogen and oxygen atoms in total. The summed E-state index contributed by atoms with van der Waals surface area (Å²) >= 11 is 3.59. The van der Waals surface area contributed by atoms with E-state index in [1.807, 2.05) is 29.5 Å². The molecule has 0 N–H and O–H groups in total. The fraction of sp³-hybridized carbons (Fsp3) is 0. The monoisotopic (exact) mass is 574 g/mol. The molecule has 3 heterocycles. The molecule has 198 valence electrons. The third-order valence-corrected chi connectivity index (χ3v) is 10.1. The summed E-state index contributed by atoms with van der Waals surface area (Å²) in [6.07, 6.45) is 0. The van der Waals surface area contributed by atoms with E-state index >= 15 is 0 Å². The molecule has 0 radical (unpaired) electrons. The molecular weight excluding hydrogens is 553 g/mol. The number of thiazole rings is 1. The number of benzene rings is 6. The summed E-state index contributed by atoms with van der Waals surface area (Å²) in [6, 6.07) is 47.1. The number of para-hydroxylation sites is 2. The molecule has 0 spiro atoms. The van der Waals surface area contributed by atoms with E-state index < -0.39 is 0 Å². The van der Waals surface area contributed by atoms with Crippen molar-refractivity contribution in [2.24, 2.45) is 0 Å². The van der Waals surface area contributed by atoms with Gasteiger partial charge in [0.2, 0.25) is 0 Å². The van der Waals surface area contributed by atoms with Crippen LogP contribution in [0, 0.1) is 0 Å². The van der Waals surface area contributed by atoms with E-state index in [4.69, 9.17) is 9.40 Å². The highest BCUT2D eigenvalue weighted by Gasteiger charge is 2.18. The molecule has 6 aromatic carbocycles. The first kappa shape index (κ1) is 23.7. The topological polar surface area (TPSA) is 29.3 Å². The summed E-state index contributed by atoms with van der Waals surface area (Å²) in [4.78, 5) is 7.47. The Kier molecular flexibility index (Phi) is 5.24. The number of aromatic nitrogens is 1. The zero-order chi connectivity index (χ0) is 27.6. The first-order valence-electron chi connectivity index (χ1n) is 13.9. The average molecular weight is 575 g/mol. The molecule has 5 heteroatoms. The number of hydrogen-bond acceptors (Lipinski definition) is 5. The second-order valence-electron chi connectivity index (χ2n) is 10.4. The lowest BCUT2D eigenvalue weighted by molar-refractivity contribution is 0.669. The maximum atomic E-state index is 6.13. The van der Waals surface area contributed by atoms with Gasteiger partial charge in [-0.3, -0.25) is 0 Å². The summed E-state index contributed by atoms with van der Waals surface area (Å²) in [7, 11) is 0. The lowest BCUT2D eigenvalue weighted by Gasteiger charge is -2.25.